The van der Waals surface area contributed by atoms with E-state index in [-0.39, 0.29) is 0 Å². The van der Waals surface area contributed by atoms with E-state index in [1.54, 1.807) is 0 Å². The maximum absolute atomic E-state index is 3.42. The largest absolute Gasteiger partial charge is 0.317 e. The van der Waals surface area contributed by atoms with E-state index in [1.165, 1.54) is 32.4 Å². The number of rotatable bonds is 4. The molecule has 0 spiro atoms. The third kappa shape index (κ3) is 3.58. The van der Waals surface area contributed by atoms with E-state index >= 15 is 0 Å². The predicted molar refractivity (Wildman–Crippen MR) is 62.6 cm³/mol. The molecule has 0 aromatic heterocycles. The zero-order valence-corrected chi connectivity index (χ0v) is 10.2. The van der Waals surface area contributed by atoms with Crippen molar-refractivity contribution in [3.8, 4) is 0 Å². The molecule has 1 atom stereocenters. The molecule has 1 unspecified atom stereocenters. The molecule has 0 bridgehead atoms. The summed E-state index contributed by atoms with van der Waals surface area (Å²) < 4.78 is 0. The van der Waals surface area contributed by atoms with Crippen LogP contribution in [0.4, 0.5) is 0 Å². The summed E-state index contributed by atoms with van der Waals surface area (Å²) in [6.07, 6.45) is 3.96. The fourth-order valence-corrected chi connectivity index (χ4v) is 2.42. The summed E-state index contributed by atoms with van der Waals surface area (Å²) in [4.78, 5) is 2.58. The van der Waals surface area contributed by atoms with E-state index in [0.29, 0.717) is 0 Å². The molecule has 84 valence electrons. The van der Waals surface area contributed by atoms with Crippen molar-refractivity contribution < 1.29 is 0 Å². The quantitative estimate of drug-likeness (QED) is 0.744. The summed E-state index contributed by atoms with van der Waals surface area (Å²) in [6.45, 7) is 9.38. The molecule has 1 rings (SSSR count). The van der Waals surface area contributed by atoms with Crippen LogP contribution in [0.2, 0.25) is 0 Å². The Morgan fingerprint density at radius 1 is 1.21 bits per heavy atom. The fourth-order valence-electron chi connectivity index (χ4n) is 2.42. The van der Waals surface area contributed by atoms with Gasteiger partial charge >= 0.3 is 0 Å². The highest BCUT2D eigenvalue weighted by Gasteiger charge is 2.21. The molecular formula is C12H26N2. The van der Waals surface area contributed by atoms with Gasteiger partial charge in [-0.15, -0.1) is 0 Å². The summed E-state index contributed by atoms with van der Waals surface area (Å²) in [5.74, 6) is 0.814. The first kappa shape index (κ1) is 12.0. The Bertz CT molecular complexity index is 150. The van der Waals surface area contributed by atoms with Gasteiger partial charge in [-0.05, 0) is 52.2 Å². The molecule has 1 saturated heterocycles. The van der Waals surface area contributed by atoms with Crippen LogP contribution >= 0.6 is 0 Å². The second kappa shape index (κ2) is 5.72. The van der Waals surface area contributed by atoms with Gasteiger partial charge in [0.25, 0.3) is 0 Å². The number of nitrogens with one attached hydrogen (secondary N) is 1. The van der Waals surface area contributed by atoms with Crippen LogP contribution in [-0.2, 0) is 0 Å². The molecular weight excluding hydrogens is 172 g/mol. The van der Waals surface area contributed by atoms with Gasteiger partial charge in [-0.25, -0.2) is 0 Å². The minimum atomic E-state index is 0.734. The smallest absolute Gasteiger partial charge is 0.0119 e. The van der Waals surface area contributed by atoms with Crippen LogP contribution in [0.15, 0.2) is 0 Å². The van der Waals surface area contributed by atoms with Crippen molar-refractivity contribution in [2.45, 2.75) is 52.1 Å². The van der Waals surface area contributed by atoms with Crippen LogP contribution < -0.4 is 5.32 Å². The Kier molecular flexibility index (Phi) is 4.90. The third-order valence-corrected chi connectivity index (χ3v) is 3.39. The van der Waals surface area contributed by atoms with Crippen LogP contribution in [0.5, 0.6) is 0 Å². The lowest BCUT2D eigenvalue weighted by Crippen LogP contribution is -2.45. The Hall–Kier alpha value is -0.0800. The number of hydrogen-bond acceptors (Lipinski definition) is 2. The molecule has 0 aliphatic carbocycles. The zero-order chi connectivity index (χ0) is 10.6. The molecule has 0 radical (unpaired) electrons. The highest BCUT2D eigenvalue weighted by molar-refractivity contribution is 4.79. The maximum Gasteiger partial charge on any atom is 0.0119 e. The first-order valence-corrected chi connectivity index (χ1v) is 6.04. The monoisotopic (exact) mass is 198 g/mol. The molecule has 1 aliphatic rings. The van der Waals surface area contributed by atoms with Crippen LogP contribution in [0, 0.1) is 5.92 Å². The minimum Gasteiger partial charge on any atom is -0.317 e. The van der Waals surface area contributed by atoms with Crippen molar-refractivity contribution in [1.82, 2.24) is 10.2 Å². The zero-order valence-electron chi connectivity index (χ0n) is 10.2. The molecule has 1 fully saturated rings. The fraction of sp³-hybridized carbons (Fsp3) is 1.00. The van der Waals surface area contributed by atoms with E-state index in [2.05, 4.69) is 38.0 Å². The second-order valence-electron chi connectivity index (χ2n) is 5.13. The van der Waals surface area contributed by atoms with Crippen molar-refractivity contribution in [2.75, 3.05) is 20.1 Å². The molecule has 0 aromatic rings. The third-order valence-electron chi connectivity index (χ3n) is 3.39. The summed E-state index contributed by atoms with van der Waals surface area (Å²) >= 11 is 0. The van der Waals surface area contributed by atoms with Gasteiger partial charge in [0.15, 0.2) is 0 Å². The Balaban J connectivity index is 2.33. The van der Waals surface area contributed by atoms with Crippen LogP contribution in [0.25, 0.3) is 0 Å². The summed E-state index contributed by atoms with van der Waals surface area (Å²) in [6, 6.07) is 1.54. The van der Waals surface area contributed by atoms with E-state index in [0.717, 1.165) is 18.0 Å². The van der Waals surface area contributed by atoms with Crippen molar-refractivity contribution in [3.63, 3.8) is 0 Å². The van der Waals surface area contributed by atoms with Gasteiger partial charge in [0.05, 0.1) is 0 Å². The lowest BCUT2D eigenvalue weighted by atomic mass is 9.99. The second-order valence-corrected chi connectivity index (χ2v) is 5.13. The molecule has 2 heteroatoms. The summed E-state index contributed by atoms with van der Waals surface area (Å²) in [5.41, 5.74) is 0. The van der Waals surface area contributed by atoms with E-state index in [1.807, 2.05) is 0 Å². The van der Waals surface area contributed by atoms with Crippen LogP contribution in [-0.4, -0.2) is 37.1 Å². The van der Waals surface area contributed by atoms with Crippen LogP contribution in [0.1, 0.15) is 40.0 Å². The first-order chi connectivity index (χ1) is 6.61. The molecule has 1 N–H and O–H groups in total. The first-order valence-electron chi connectivity index (χ1n) is 6.04. The normalized spacial score (nSPS) is 21.9. The van der Waals surface area contributed by atoms with Gasteiger partial charge in [-0.3, -0.25) is 0 Å². The molecule has 0 aromatic carbocycles. The topological polar surface area (TPSA) is 15.3 Å². The molecule has 2 nitrogen and oxygen atoms in total. The molecule has 1 heterocycles. The van der Waals surface area contributed by atoms with Crippen molar-refractivity contribution in [3.05, 3.63) is 0 Å². The molecule has 0 saturated carbocycles. The average Bonchev–Trinajstić information content (AvgIpc) is 2.17. The number of piperidine rings is 1. The highest BCUT2D eigenvalue weighted by atomic mass is 15.2. The lowest BCUT2D eigenvalue weighted by molar-refractivity contribution is 0.137. The SMILES string of the molecule is CC(C)CC(C)N(C)C1CCNCC1. The van der Waals surface area contributed by atoms with Gasteiger partial charge in [-0.2, -0.15) is 0 Å². The average molecular weight is 198 g/mol. The standard InChI is InChI=1S/C12H26N2/c1-10(2)9-11(3)14(4)12-5-7-13-8-6-12/h10-13H,5-9H2,1-4H3. The molecule has 14 heavy (non-hydrogen) atoms. The Morgan fingerprint density at radius 3 is 2.29 bits per heavy atom. The van der Waals surface area contributed by atoms with E-state index < -0.39 is 0 Å². The molecule has 1 aliphatic heterocycles. The minimum absolute atomic E-state index is 0.734. The van der Waals surface area contributed by atoms with Crippen molar-refractivity contribution in [2.24, 2.45) is 5.92 Å². The number of nitrogens with zero attached hydrogens (tertiary/aromatic N) is 1. The highest BCUT2D eigenvalue weighted by Crippen LogP contribution is 2.17. The Morgan fingerprint density at radius 2 is 1.79 bits per heavy atom. The Labute approximate surface area is 89.1 Å². The predicted octanol–water partition coefficient (Wildman–Crippen LogP) is 2.10. The van der Waals surface area contributed by atoms with E-state index in [9.17, 15) is 0 Å². The number of hydrogen-bond donors (Lipinski definition) is 1. The van der Waals surface area contributed by atoms with Crippen LogP contribution in [0.3, 0.4) is 0 Å². The van der Waals surface area contributed by atoms with Gasteiger partial charge in [0, 0.05) is 12.1 Å². The van der Waals surface area contributed by atoms with Crippen molar-refractivity contribution >= 4 is 0 Å². The summed E-state index contributed by atoms with van der Waals surface area (Å²) in [5, 5.41) is 3.42. The van der Waals surface area contributed by atoms with Gasteiger partial charge in [0.2, 0.25) is 0 Å². The summed E-state index contributed by atoms with van der Waals surface area (Å²) in [7, 11) is 2.29. The van der Waals surface area contributed by atoms with Gasteiger partial charge in [0.1, 0.15) is 0 Å². The van der Waals surface area contributed by atoms with Gasteiger partial charge in [-0.1, -0.05) is 13.8 Å². The molecule has 0 amide bonds. The maximum atomic E-state index is 3.42. The van der Waals surface area contributed by atoms with Gasteiger partial charge < -0.3 is 10.2 Å². The van der Waals surface area contributed by atoms with Crippen molar-refractivity contribution in [1.29, 1.82) is 0 Å². The van der Waals surface area contributed by atoms with E-state index in [4.69, 9.17) is 0 Å². The lowest BCUT2D eigenvalue weighted by Gasteiger charge is -2.36.